The topological polar surface area (TPSA) is 26.8 Å². The van der Waals surface area contributed by atoms with Crippen LogP contribution in [0.2, 0.25) is 0 Å². The number of benzene rings is 3. The van der Waals surface area contributed by atoms with Crippen molar-refractivity contribution in [3.05, 3.63) is 94.8 Å². The molecule has 0 radical (unpaired) electrons. The van der Waals surface area contributed by atoms with Gasteiger partial charge in [0.15, 0.2) is 0 Å². The lowest BCUT2D eigenvalue weighted by Crippen LogP contribution is -2.55. The predicted molar refractivity (Wildman–Crippen MR) is 136 cm³/mol. The summed E-state index contributed by atoms with van der Waals surface area (Å²) in [6.45, 7) is 4.84. The molecule has 194 valence electrons. The monoisotopic (exact) mass is 511 g/mol. The van der Waals surface area contributed by atoms with Gasteiger partial charge in [0.05, 0.1) is 29.5 Å². The first-order chi connectivity index (χ1) is 17.7. The number of hydrogen-bond donors (Lipinski definition) is 0. The number of para-hydroxylation sites is 2. The summed E-state index contributed by atoms with van der Waals surface area (Å²) < 4.78 is 55.7. The third-order valence-corrected chi connectivity index (χ3v) is 7.56. The molecular weight excluding hydrogens is 482 g/mol. The van der Waals surface area contributed by atoms with E-state index in [1.807, 2.05) is 41.8 Å². The first-order valence-electron chi connectivity index (χ1n) is 12.5. The summed E-state index contributed by atoms with van der Waals surface area (Å²) >= 11 is 0. The minimum absolute atomic E-state index is 0.0532. The van der Waals surface area contributed by atoms with Crippen LogP contribution in [0.3, 0.4) is 0 Å². The van der Waals surface area contributed by atoms with E-state index in [2.05, 4.69) is 0 Å². The van der Waals surface area contributed by atoms with Gasteiger partial charge in [-0.2, -0.15) is 13.2 Å². The van der Waals surface area contributed by atoms with E-state index in [4.69, 9.17) is 0 Å². The van der Waals surface area contributed by atoms with Gasteiger partial charge in [0.2, 0.25) is 0 Å². The number of nitrogens with zero attached hydrogens (tertiary/aromatic N) is 3. The van der Waals surface area contributed by atoms with E-state index in [0.717, 1.165) is 17.2 Å². The van der Waals surface area contributed by atoms with Gasteiger partial charge in [0.1, 0.15) is 5.82 Å². The Balaban J connectivity index is 1.43. The SMILES string of the molecule is Cc1cccc(F)c1N1CCC(N2C(=O)N(Cc3ccccc3C(F)(F)F)c3ccccc3C2C)CC1. The van der Waals surface area contributed by atoms with Crippen molar-refractivity contribution in [2.24, 2.45) is 0 Å². The summed E-state index contributed by atoms with van der Waals surface area (Å²) in [4.78, 5) is 19.2. The zero-order chi connectivity index (χ0) is 26.3. The van der Waals surface area contributed by atoms with Crippen molar-refractivity contribution in [1.29, 1.82) is 0 Å². The lowest BCUT2D eigenvalue weighted by atomic mass is 9.94. The quantitative estimate of drug-likeness (QED) is 0.343. The van der Waals surface area contributed by atoms with Gasteiger partial charge in [0.25, 0.3) is 0 Å². The average molecular weight is 512 g/mol. The molecule has 3 aromatic carbocycles. The summed E-state index contributed by atoms with van der Waals surface area (Å²) in [5.41, 5.74) is 2.31. The molecule has 0 saturated carbocycles. The van der Waals surface area contributed by atoms with E-state index in [0.29, 0.717) is 37.3 Å². The molecule has 8 heteroatoms. The number of hydrogen-bond acceptors (Lipinski definition) is 2. The Hall–Kier alpha value is -3.55. The summed E-state index contributed by atoms with van der Waals surface area (Å²) in [5, 5.41) is 0. The number of carbonyl (C=O) groups excluding carboxylic acids is 1. The molecule has 3 aromatic rings. The average Bonchev–Trinajstić information content (AvgIpc) is 2.87. The van der Waals surface area contributed by atoms with Crippen molar-refractivity contribution < 1.29 is 22.4 Å². The lowest BCUT2D eigenvalue weighted by Gasteiger charge is -2.47. The van der Waals surface area contributed by atoms with Crippen LogP contribution in [0.25, 0.3) is 0 Å². The van der Waals surface area contributed by atoms with Gasteiger partial charge >= 0.3 is 12.2 Å². The molecule has 0 aromatic heterocycles. The maximum Gasteiger partial charge on any atom is 0.416 e. The van der Waals surface area contributed by atoms with Gasteiger partial charge in [-0.1, -0.05) is 48.5 Å². The molecule has 2 aliphatic heterocycles. The van der Waals surface area contributed by atoms with E-state index in [-0.39, 0.29) is 36.0 Å². The summed E-state index contributed by atoms with van der Waals surface area (Å²) in [6, 6.07) is 17.2. The van der Waals surface area contributed by atoms with Crippen molar-refractivity contribution in [2.75, 3.05) is 22.9 Å². The fourth-order valence-corrected chi connectivity index (χ4v) is 5.77. The van der Waals surface area contributed by atoms with E-state index in [9.17, 15) is 22.4 Å². The van der Waals surface area contributed by atoms with Crippen LogP contribution < -0.4 is 9.80 Å². The van der Waals surface area contributed by atoms with Gasteiger partial charge in [-0.25, -0.2) is 9.18 Å². The van der Waals surface area contributed by atoms with Gasteiger partial charge < -0.3 is 9.80 Å². The van der Waals surface area contributed by atoms with Crippen molar-refractivity contribution in [3.63, 3.8) is 0 Å². The number of carbonyl (C=O) groups is 1. The summed E-state index contributed by atoms with van der Waals surface area (Å²) in [5.74, 6) is -0.260. The molecule has 0 spiro atoms. The second-order valence-electron chi connectivity index (χ2n) is 9.79. The molecule has 4 nitrogen and oxygen atoms in total. The fourth-order valence-electron chi connectivity index (χ4n) is 5.77. The van der Waals surface area contributed by atoms with Crippen molar-refractivity contribution in [3.8, 4) is 0 Å². The Labute approximate surface area is 214 Å². The molecule has 1 fully saturated rings. The molecule has 2 amide bonds. The van der Waals surface area contributed by atoms with Crippen LogP contribution in [0.4, 0.5) is 33.7 Å². The summed E-state index contributed by atoms with van der Waals surface area (Å²) in [7, 11) is 0. The normalized spacial score (nSPS) is 18.8. The highest BCUT2D eigenvalue weighted by molar-refractivity contribution is 5.95. The van der Waals surface area contributed by atoms with Crippen LogP contribution in [0.15, 0.2) is 66.7 Å². The van der Waals surface area contributed by atoms with E-state index in [1.54, 1.807) is 24.3 Å². The molecule has 2 aliphatic rings. The van der Waals surface area contributed by atoms with Crippen molar-refractivity contribution in [1.82, 2.24) is 4.90 Å². The molecule has 5 rings (SSSR count). The molecule has 2 heterocycles. The number of alkyl halides is 3. The third kappa shape index (κ3) is 4.65. The number of rotatable bonds is 4. The highest BCUT2D eigenvalue weighted by Crippen LogP contribution is 2.41. The first kappa shape index (κ1) is 25.1. The first-order valence-corrected chi connectivity index (χ1v) is 12.5. The van der Waals surface area contributed by atoms with Crippen molar-refractivity contribution in [2.45, 2.75) is 51.5 Å². The maximum atomic E-state index is 14.6. The number of fused-ring (bicyclic) bond motifs is 1. The Morgan fingerprint density at radius 1 is 0.919 bits per heavy atom. The molecule has 0 N–H and O–H groups in total. The number of aryl methyl sites for hydroxylation is 1. The van der Waals surface area contributed by atoms with Gasteiger partial charge in [-0.15, -0.1) is 0 Å². The minimum Gasteiger partial charge on any atom is -0.369 e. The minimum atomic E-state index is -4.51. The van der Waals surface area contributed by atoms with E-state index >= 15 is 0 Å². The van der Waals surface area contributed by atoms with Crippen LogP contribution in [0.5, 0.6) is 0 Å². The second-order valence-corrected chi connectivity index (χ2v) is 9.79. The number of piperidine rings is 1. The zero-order valence-electron chi connectivity index (χ0n) is 20.8. The number of halogens is 4. The molecule has 0 aliphatic carbocycles. The highest BCUT2D eigenvalue weighted by atomic mass is 19.4. The Kier molecular flexibility index (Phi) is 6.60. The highest BCUT2D eigenvalue weighted by Gasteiger charge is 2.41. The largest absolute Gasteiger partial charge is 0.416 e. The number of urea groups is 1. The Morgan fingerprint density at radius 3 is 2.30 bits per heavy atom. The maximum absolute atomic E-state index is 14.6. The van der Waals surface area contributed by atoms with Crippen LogP contribution >= 0.6 is 0 Å². The molecule has 1 saturated heterocycles. The molecule has 1 unspecified atom stereocenters. The van der Waals surface area contributed by atoms with Crippen LogP contribution in [-0.4, -0.2) is 30.1 Å². The van der Waals surface area contributed by atoms with Crippen molar-refractivity contribution >= 4 is 17.4 Å². The Morgan fingerprint density at radius 2 is 1.59 bits per heavy atom. The van der Waals surface area contributed by atoms with Gasteiger partial charge in [0, 0.05) is 19.1 Å². The number of anilines is 2. The Bertz CT molecular complexity index is 1280. The van der Waals surface area contributed by atoms with E-state index in [1.165, 1.54) is 23.1 Å². The predicted octanol–water partition coefficient (Wildman–Crippen LogP) is 7.33. The van der Waals surface area contributed by atoms with Gasteiger partial charge in [-0.05, 0) is 61.6 Å². The molecule has 37 heavy (non-hydrogen) atoms. The van der Waals surface area contributed by atoms with Gasteiger partial charge in [-0.3, -0.25) is 4.90 Å². The molecular formula is C29H29F4N3O. The van der Waals surface area contributed by atoms with Crippen LogP contribution in [0, 0.1) is 12.7 Å². The summed E-state index contributed by atoms with van der Waals surface area (Å²) in [6.07, 6.45) is -3.24. The standard InChI is InChI=1S/C29H29F4N3O/c1-19-8-7-12-25(30)27(19)34-16-14-22(15-17-34)36-20(2)23-10-4-6-13-26(23)35(28(36)37)18-21-9-3-5-11-24(21)29(31,32)33/h3-13,20,22H,14-18H2,1-2H3. The van der Waals surface area contributed by atoms with Crippen LogP contribution in [0.1, 0.15) is 48.1 Å². The molecule has 0 bridgehead atoms. The van der Waals surface area contributed by atoms with E-state index < -0.39 is 11.7 Å². The second kappa shape index (κ2) is 9.72. The third-order valence-electron chi connectivity index (χ3n) is 7.56. The lowest BCUT2D eigenvalue weighted by molar-refractivity contribution is -0.138. The van der Waals surface area contributed by atoms with Crippen LogP contribution in [-0.2, 0) is 12.7 Å². The molecule has 1 atom stereocenters. The zero-order valence-corrected chi connectivity index (χ0v) is 20.8. The number of amides is 2. The smallest absolute Gasteiger partial charge is 0.369 e. The fraction of sp³-hybridized carbons (Fsp3) is 0.345.